The second-order valence-corrected chi connectivity index (χ2v) is 6.24. The molecule has 1 amide bonds. The lowest BCUT2D eigenvalue weighted by Crippen LogP contribution is -2.53. The Kier molecular flexibility index (Phi) is 6.27. The number of benzene rings is 2. The van der Waals surface area contributed by atoms with Crippen LogP contribution in [-0.4, -0.2) is 50.3 Å². The monoisotopic (exact) mass is 372 g/mol. The minimum absolute atomic E-state index is 0.0114. The third-order valence-electron chi connectivity index (χ3n) is 3.85. The van der Waals surface area contributed by atoms with Crippen molar-refractivity contribution >= 4 is 17.8 Å². The van der Waals surface area contributed by atoms with Gasteiger partial charge in [-0.05, 0) is 23.6 Å². The van der Waals surface area contributed by atoms with E-state index in [-0.39, 0.29) is 6.54 Å². The zero-order valence-electron chi connectivity index (χ0n) is 14.6. The van der Waals surface area contributed by atoms with E-state index < -0.39 is 30.0 Å². The first-order chi connectivity index (χ1) is 12.7. The van der Waals surface area contributed by atoms with Crippen molar-refractivity contribution in [2.24, 2.45) is 0 Å². The lowest BCUT2D eigenvalue weighted by Gasteiger charge is -2.28. The van der Waals surface area contributed by atoms with Gasteiger partial charge >= 0.3 is 17.8 Å². The molecule has 8 heteroatoms. The third-order valence-corrected chi connectivity index (χ3v) is 3.85. The van der Waals surface area contributed by atoms with Crippen molar-refractivity contribution in [1.29, 1.82) is 0 Å². The van der Waals surface area contributed by atoms with Crippen LogP contribution in [0.3, 0.4) is 0 Å². The van der Waals surface area contributed by atoms with Crippen LogP contribution in [0.1, 0.15) is 12.5 Å². The van der Waals surface area contributed by atoms with E-state index in [9.17, 15) is 19.5 Å². The third kappa shape index (κ3) is 5.63. The van der Waals surface area contributed by atoms with Crippen LogP contribution in [0.5, 0.6) is 0 Å². The second kappa shape index (κ2) is 8.43. The van der Waals surface area contributed by atoms with E-state index >= 15 is 0 Å². The number of aliphatic hydroxyl groups is 1. The number of hydrazine groups is 1. The van der Waals surface area contributed by atoms with Gasteiger partial charge in [-0.25, -0.2) is 14.6 Å². The standard InChI is InChI=1S/C19H20N2O6/c1-19(27,18(25)26)12-21(20-16(22)17(23)24)11-13-7-9-15(10-8-13)14-5-3-2-4-6-14/h2-10,27H,11-12H2,1H3,(H,20,22)(H,23,24)(H,25,26). The van der Waals surface area contributed by atoms with Crippen molar-refractivity contribution in [3.8, 4) is 11.1 Å². The fraction of sp³-hybridized carbons (Fsp3) is 0.211. The topological polar surface area (TPSA) is 127 Å². The molecule has 0 heterocycles. The van der Waals surface area contributed by atoms with Gasteiger partial charge in [0.25, 0.3) is 0 Å². The summed E-state index contributed by atoms with van der Waals surface area (Å²) in [6.07, 6.45) is 0. The average Bonchev–Trinajstić information content (AvgIpc) is 2.62. The van der Waals surface area contributed by atoms with Gasteiger partial charge in [0.1, 0.15) is 0 Å². The smallest absolute Gasteiger partial charge is 0.395 e. The molecule has 142 valence electrons. The van der Waals surface area contributed by atoms with E-state index in [0.29, 0.717) is 5.56 Å². The van der Waals surface area contributed by atoms with Crippen molar-refractivity contribution in [1.82, 2.24) is 10.4 Å². The highest BCUT2D eigenvalue weighted by Gasteiger charge is 2.33. The molecule has 0 aliphatic carbocycles. The number of aliphatic carboxylic acids is 2. The van der Waals surface area contributed by atoms with Crippen LogP contribution >= 0.6 is 0 Å². The molecule has 2 rings (SSSR count). The summed E-state index contributed by atoms with van der Waals surface area (Å²) in [7, 11) is 0. The van der Waals surface area contributed by atoms with Crippen LogP contribution in [0.15, 0.2) is 54.6 Å². The molecule has 1 unspecified atom stereocenters. The fourth-order valence-electron chi connectivity index (χ4n) is 2.42. The van der Waals surface area contributed by atoms with Crippen molar-refractivity contribution < 1.29 is 29.7 Å². The Balaban J connectivity index is 2.17. The molecule has 27 heavy (non-hydrogen) atoms. The summed E-state index contributed by atoms with van der Waals surface area (Å²) in [4.78, 5) is 33.4. The minimum Gasteiger partial charge on any atom is -0.479 e. The Bertz CT molecular complexity index is 818. The quantitative estimate of drug-likeness (QED) is 0.423. The highest BCUT2D eigenvalue weighted by molar-refractivity contribution is 6.31. The molecule has 0 radical (unpaired) electrons. The van der Waals surface area contributed by atoms with Crippen molar-refractivity contribution in [2.45, 2.75) is 19.1 Å². The van der Waals surface area contributed by atoms with Gasteiger partial charge in [0.2, 0.25) is 0 Å². The summed E-state index contributed by atoms with van der Waals surface area (Å²) < 4.78 is 0. The second-order valence-electron chi connectivity index (χ2n) is 6.24. The predicted molar refractivity (Wildman–Crippen MR) is 96.3 cm³/mol. The number of carboxylic acid groups (broad SMARTS) is 2. The first kappa shape index (κ1) is 20.1. The Hall–Kier alpha value is -3.23. The van der Waals surface area contributed by atoms with E-state index in [2.05, 4.69) is 5.43 Å². The van der Waals surface area contributed by atoms with Crippen molar-refractivity contribution in [3.63, 3.8) is 0 Å². The lowest BCUT2D eigenvalue weighted by atomic mass is 10.0. The summed E-state index contributed by atoms with van der Waals surface area (Å²) in [5.74, 6) is -4.53. The molecule has 0 aliphatic rings. The van der Waals surface area contributed by atoms with E-state index in [1.54, 1.807) is 12.1 Å². The van der Waals surface area contributed by atoms with Crippen molar-refractivity contribution in [2.75, 3.05) is 6.54 Å². The van der Waals surface area contributed by atoms with Gasteiger partial charge in [0.15, 0.2) is 5.60 Å². The lowest BCUT2D eigenvalue weighted by molar-refractivity contribution is -0.162. The van der Waals surface area contributed by atoms with E-state index in [1.807, 2.05) is 42.5 Å². The van der Waals surface area contributed by atoms with Crippen LogP contribution in [0, 0.1) is 0 Å². The van der Waals surface area contributed by atoms with Crippen LogP contribution < -0.4 is 5.43 Å². The highest BCUT2D eigenvalue weighted by atomic mass is 16.4. The van der Waals surface area contributed by atoms with Gasteiger partial charge in [0, 0.05) is 6.54 Å². The molecule has 0 saturated heterocycles. The molecule has 0 bridgehead atoms. The predicted octanol–water partition coefficient (Wildman–Crippen LogP) is 1.11. The number of carbonyl (C=O) groups excluding carboxylic acids is 1. The molecule has 2 aromatic rings. The number of rotatable bonds is 7. The SMILES string of the molecule is CC(O)(CN(Cc1ccc(-c2ccccc2)cc1)NC(=O)C(=O)O)C(=O)O. The number of hydrogen-bond donors (Lipinski definition) is 4. The summed E-state index contributed by atoms with van der Waals surface area (Å²) in [5, 5.41) is 28.8. The maximum Gasteiger partial charge on any atom is 0.395 e. The Labute approximate surface area is 155 Å². The molecular weight excluding hydrogens is 352 g/mol. The average molecular weight is 372 g/mol. The molecule has 0 fully saturated rings. The zero-order valence-corrected chi connectivity index (χ0v) is 14.6. The summed E-state index contributed by atoms with van der Waals surface area (Å²) >= 11 is 0. The van der Waals surface area contributed by atoms with Crippen LogP contribution in [0.25, 0.3) is 11.1 Å². The number of nitrogens with one attached hydrogen (secondary N) is 1. The number of carbonyl (C=O) groups is 3. The molecule has 2 aromatic carbocycles. The zero-order chi connectivity index (χ0) is 20.0. The number of hydrogen-bond acceptors (Lipinski definition) is 5. The normalized spacial score (nSPS) is 13.0. The van der Waals surface area contributed by atoms with Gasteiger partial charge < -0.3 is 15.3 Å². The Morgan fingerprint density at radius 1 is 0.963 bits per heavy atom. The van der Waals surface area contributed by atoms with E-state index in [0.717, 1.165) is 23.1 Å². The molecule has 4 N–H and O–H groups in total. The molecule has 0 spiro atoms. The van der Waals surface area contributed by atoms with E-state index in [4.69, 9.17) is 10.2 Å². The van der Waals surface area contributed by atoms with Crippen LogP contribution in [-0.2, 0) is 20.9 Å². The summed E-state index contributed by atoms with van der Waals surface area (Å²) in [6.45, 7) is 0.576. The molecule has 0 aromatic heterocycles. The maximum atomic E-state index is 11.5. The minimum atomic E-state index is -2.17. The van der Waals surface area contributed by atoms with Crippen LogP contribution in [0.4, 0.5) is 0 Å². The van der Waals surface area contributed by atoms with Gasteiger partial charge in [0.05, 0.1) is 6.54 Å². The van der Waals surface area contributed by atoms with Crippen molar-refractivity contribution in [3.05, 3.63) is 60.2 Å². The number of amides is 1. The maximum absolute atomic E-state index is 11.5. The van der Waals surface area contributed by atoms with Gasteiger partial charge in [-0.15, -0.1) is 0 Å². The van der Waals surface area contributed by atoms with Gasteiger partial charge in [-0.2, -0.15) is 0 Å². The molecule has 0 saturated carbocycles. The number of carboxylic acids is 2. The first-order valence-corrected chi connectivity index (χ1v) is 8.08. The van der Waals surface area contributed by atoms with E-state index in [1.165, 1.54) is 0 Å². The van der Waals surface area contributed by atoms with Gasteiger partial charge in [-0.1, -0.05) is 54.6 Å². The summed E-state index contributed by atoms with van der Waals surface area (Å²) in [6, 6.07) is 16.9. The Morgan fingerprint density at radius 2 is 1.52 bits per heavy atom. The molecular formula is C19H20N2O6. The number of nitrogens with zero attached hydrogens (tertiary/aromatic N) is 1. The first-order valence-electron chi connectivity index (χ1n) is 8.08. The van der Waals surface area contributed by atoms with Crippen LogP contribution in [0.2, 0.25) is 0 Å². The molecule has 8 nitrogen and oxygen atoms in total. The summed E-state index contributed by atoms with van der Waals surface area (Å²) in [5.41, 5.74) is 2.61. The molecule has 1 atom stereocenters. The fourth-order valence-corrected chi connectivity index (χ4v) is 2.42. The largest absolute Gasteiger partial charge is 0.479 e. The van der Waals surface area contributed by atoms with Gasteiger partial charge in [-0.3, -0.25) is 10.2 Å². The highest BCUT2D eigenvalue weighted by Crippen LogP contribution is 2.20. The Morgan fingerprint density at radius 3 is 2.04 bits per heavy atom. The molecule has 0 aliphatic heterocycles.